The van der Waals surface area contributed by atoms with Gasteiger partial charge in [0.15, 0.2) is 11.6 Å². The molecule has 2 amide bonds. The molecule has 1 atom stereocenters. The zero-order chi connectivity index (χ0) is 28.6. The van der Waals surface area contributed by atoms with Gasteiger partial charge >= 0.3 is 0 Å². The second kappa shape index (κ2) is 12.8. The van der Waals surface area contributed by atoms with Crippen molar-refractivity contribution in [2.75, 3.05) is 13.2 Å². The number of carbonyl (C=O) groups excluding carboxylic acids is 2. The molecule has 208 valence electrons. The average molecular weight is 545 g/mol. The van der Waals surface area contributed by atoms with E-state index in [1.807, 2.05) is 51.4 Å². The highest BCUT2D eigenvalue weighted by Crippen LogP contribution is 2.19. The molecule has 4 aromatic rings. The Bertz CT molecular complexity index is 1530. The highest BCUT2D eigenvalue weighted by molar-refractivity contribution is 5.87. The fourth-order valence-electron chi connectivity index (χ4n) is 4.00. The molecule has 0 aliphatic rings. The first-order valence-electron chi connectivity index (χ1n) is 12.9. The van der Waals surface area contributed by atoms with Crippen LogP contribution in [0, 0.1) is 5.92 Å². The molecule has 0 saturated carbocycles. The lowest BCUT2D eigenvalue weighted by atomic mass is 10.0. The largest absolute Gasteiger partial charge is 0.489 e. The van der Waals surface area contributed by atoms with Crippen LogP contribution in [0.4, 0.5) is 0 Å². The van der Waals surface area contributed by atoms with Crippen LogP contribution in [0.25, 0.3) is 22.6 Å². The molecule has 2 N–H and O–H groups in total. The van der Waals surface area contributed by atoms with Gasteiger partial charge in [-0.15, -0.1) is 0 Å². The summed E-state index contributed by atoms with van der Waals surface area (Å²) in [6.07, 6.45) is 6.67. The van der Waals surface area contributed by atoms with Crippen LogP contribution in [-0.4, -0.2) is 60.5 Å². The van der Waals surface area contributed by atoms with Crippen LogP contribution in [0.1, 0.15) is 26.3 Å². The number of nitrogens with one attached hydrogen (secondary N) is 2. The number of ether oxygens (including phenoxy) is 1. The summed E-state index contributed by atoms with van der Waals surface area (Å²) in [5.74, 6) is 0.398. The van der Waals surface area contributed by atoms with Crippen LogP contribution < -0.4 is 20.9 Å². The van der Waals surface area contributed by atoms with Gasteiger partial charge in [0.05, 0.1) is 37.4 Å². The van der Waals surface area contributed by atoms with E-state index in [4.69, 9.17) is 4.74 Å². The number of aryl methyl sites for hydroxylation is 1. The van der Waals surface area contributed by atoms with E-state index >= 15 is 0 Å². The lowest BCUT2D eigenvalue weighted by molar-refractivity contribution is -0.129. The molecule has 12 nitrogen and oxygen atoms in total. The summed E-state index contributed by atoms with van der Waals surface area (Å²) in [5.41, 5.74) is 2.93. The molecule has 0 radical (unpaired) electrons. The van der Waals surface area contributed by atoms with Crippen molar-refractivity contribution in [3.63, 3.8) is 0 Å². The summed E-state index contributed by atoms with van der Waals surface area (Å²) < 4.78 is 8.75. The predicted octanol–water partition coefficient (Wildman–Crippen LogP) is 1.80. The maximum atomic E-state index is 12.5. The number of benzene rings is 1. The summed E-state index contributed by atoms with van der Waals surface area (Å²) >= 11 is 0. The van der Waals surface area contributed by atoms with Crippen molar-refractivity contribution >= 4 is 11.8 Å². The second-order valence-electron chi connectivity index (χ2n) is 9.62. The maximum absolute atomic E-state index is 12.5. The van der Waals surface area contributed by atoms with Gasteiger partial charge in [-0.25, -0.2) is 14.6 Å². The molecule has 3 heterocycles. The molecular weight excluding hydrogens is 512 g/mol. The van der Waals surface area contributed by atoms with Gasteiger partial charge in [-0.2, -0.15) is 10.2 Å². The molecular formula is C28H32N8O4. The molecule has 12 heteroatoms. The molecule has 0 saturated heterocycles. The van der Waals surface area contributed by atoms with Gasteiger partial charge in [-0.05, 0) is 23.6 Å². The molecule has 3 aromatic heterocycles. The van der Waals surface area contributed by atoms with Crippen LogP contribution in [-0.2, 0) is 23.2 Å². The number of hydrogen-bond acceptors (Lipinski definition) is 8. The van der Waals surface area contributed by atoms with Crippen LogP contribution in [0.2, 0.25) is 0 Å². The number of hydrogen-bond donors (Lipinski definition) is 2. The third-order valence-electron chi connectivity index (χ3n) is 5.99. The minimum atomic E-state index is -0.601. The smallest absolute Gasteiger partial charge is 0.267 e. The molecule has 0 fully saturated rings. The first kappa shape index (κ1) is 28.1. The summed E-state index contributed by atoms with van der Waals surface area (Å²) in [7, 11) is 1.82. The molecule has 0 aliphatic carbocycles. The number of rotatable bonds is 11. The SMILES string of the molecule is CC(=O)NC(C(=O)NCCOc1cnc(-c2cccc(Cn3nc(-c4cnn(C)c4)ccc3=O)c2)nc1)C(C)C. The Morgan fingerprint density at radius 3 is 2.50 bits per heavy atom. The van der Waals surface area contributed by atoms with Gasteiger partial charge in [0, 0.05) is 37.4 Å². The van der Waals surface area contributed by atoms with Crippen LogP contribution in [0.5, 0.6) is 5.75 Å². The maximum Gasteiger partial charge on any atom is 0.267 e. The Labute approximate surface area is 231 Å². The molecule has 40 heavy (non-hydrogen) atoms. The minimum Gasteiger partial charge on any atom is -0.489 e. The normalized spacial score (nSPS) is 11.7. The Balaban J connectivity index is 1.35. The molecule has 4 rings (SSSR count). The number of nitrogens with zero attached hydrogens (tertiary/aromatic N) is 6. The summed E-state index contributed by atoms with van der Waals surface area (Å²) in [6.45, 7) is 5.88. The summed E-state index contributed by atoms with van der Waals surface area (Å²) in [5, 5.41) is 14.1. The third-order valence-corrected chi connectivity index (χ3v) is 5.99. The molecule has 0 bridgehead atoms. The number of aromatic nitrogens is 6. The van der Waals surface area contributed by atoms with Gasteiger partial charge in [0.2, 0.25) is 11.8 Å². The van der Waals surface area contributed by atoms with Gasteiger partial charge in [0.1, 0.15) is 12.6 Å². The fourth-order valence-corrected chi connectivity index (χ4v) is 4.00. The van der Waals surface area contributed by atoms with Gasteiger partial charge < -0.3 is 15.4 Å². The van der Waals surface area contributed by atoms with Crippen molar-refractivity contribution in [3.8, 4) is 28.4 Å². The standard InChI is InChI=1S/C28H32N8O4/c1-18(2)26(33-19(3)37)28(39)29-10-11-40-23-14-30-27(31-15-23)21-7-5-6-20(12-21)16-36-25(38)9-8-24(34-36)22-13-32-35(4)17-22/h5-9,12-15,17-18,26H,10-11,16H2,1-4H3,(H,29,39)(H,33,37). The quantitative estimate of drug-likeness (QED) is 0.272. The van der Waals surface area contributed by atoms with Crippen LogP contribution in [0.15, 0.2) is 66.0 Å². The fraction of sp³-hybridized carbons (Fsp3) is 0.321. The first-order valence-corrected chi connectivity index (χ1v) is 12.9. The van der Waals surface area contributed by atoms with Crippen molar-refractivity contribution in [1.82, 2.24) is 40.2 Å². The highest BCUT2D eigenvalue weighted by atomic mass is 16.5. The lowest BCUT2D eigenvalue weighted by Crippen LogP contribution is -2.49. The Morgan fingerprint density at radius 1 is 1.05 bits per heavy atom. The molecule has 0 spiro atoms. The van der Waals surface area contributed by atoms with Gasteiger partial charge in [0.25, 0.3) is 5.56 Å². The first-order chi connectivity index (χ1) is 19.2. The Hall–Kier alpha value is -4.87. The second-order valence-corrected chi connectivity index (χ2v) is 9.62. The number of carbonyl (C=O) groups is 2. The molecule has 1 aromatic carbocycles. The average Bonchev–Trinajstić information content (AvgIpc) is 3.37. The Morgan fingerprint density at radius 2 is 1.82 bits per heavy atom. The van der Waals surface area contributed by atoms with Crippen molar-refractivity contribution in [2.24, 2.45) is 13.0 Å². The van der Waals surface area contributed by atoms with E-state index < -0.39 is 6.04 Å². The monoisotopic (exact) mass is 544 g/mol. The van der Waals surface area contributed by atoms with E-state index in [9.17, 15) is 14.4 Å². The van der Waals surface area contributed by atoms with Crippen molar-refractivity contribution < 1.29 is 14.3 Å². The highest BCUT2D eigenvalue weighted by Gasteiger charge is 2.22. The van der Waals surface area contributed by atoms with E-state index in [1.165, 1.54) is 17.7 Å². The van der Waals surface area contributed by atoms with E-state index in [2.05, 4.69) is 30.8 Å². The zero-order valence-electron chi connectivity index (χ0n) is 22.9. The van der Waals surface area contributed by atoms with Gasteiger partial charge in [-0.1, -0.05) is 32.0 Å². The topological polar surface area (TPSA) is 146 Å². The van der Waals surface area contributed by atoms with Crippen LogP contribution in [0.3, 0.4) is 0 Å². The van der Waals surface area contributed by atoms with E-state index in [0.29, 0.717) is 17.3 Å². The van der Waals surface area contributed by atoms with E-state index in [0.717, 1.165) is 16.7 Å². The minimum absolute atomic E-state index is 0.0431. The zero-order valence-corrected chi connectivity index (χ0v) is 22.9. The predicted molar refractivity (Wildman–Crippen MR) is 148 cm³/mol. The number of amides is 2. The van der Waals surface area contributed by atoms with E-state index in [1.54, 1.807) is 29.3 Å². The van der Waals surface area contributed by atoms with Crippen molar-refractivity contribution in [2.45, 2.75) is 33.4 Å². The molecule has 0 aliphatic heterocycles. The van der Waals surface area contributed by atoms with Crippen molar-refractivity contribution in [3.05, 3.63) is 77.1 Å². The third kappa shape index (κ3) is 7.37. The Kier molecular flexibility index (Phi) is 9.00. The summed E-state index contributed by atoms with van der Waals surface area (Å²) in [6, 6.07) is 10.2. The lowest BCUT2D eigenvalue weighted by Gasteiger charge is -2.20. The van der Waals surface area contributed by atoms with E-state index in [-0.39, 0.29) is 43.0 Å². The molecule has 1 unspecified atom stereocenters. The van der Waals surface area contributed by atoms with Crippen LogP contribution >= 0.6 is 0 Å². The summed E-state index contributed by atoms with van der Waals surface area (Å²) in [4.78, 5) is 44.9. The van der Waals surface area contributed by atoms with Gasteiger partial charge in [-0.3, -0.25) is 19.1 Å². The van der Waals surface area contributed by atoms with Crippen molar-refractivity contribution in [1.29, 1.82) is 0 Å².